The molecule has 2 unspecified atom stereocenters. The Kier molecular flexibility index (Phi) is 4.29. The van der Waals surface area contributed by atoms with E-state index < -0.39 is 0 Å². The third-order valence-corrected chi connectivity index (χ3v) is 4.55. The summed E-state index contributed by atoms with van der Waals surface area (Å²) in [5.41, 5.74) is 0. The molecule has 2 aliphatic rings. The number of piperidine rings is 1. The summed E-state index contributed by atoms with van der Waals surface area (Å²) in [6.45, 7) is 7.23. The quantitative estimate of drug-likeness (QED) is 0.903. The number of methoxy groups -OCH3 is 1. The van der Waals surface area contributed by atoms with Gasteiger partial charge in [0.15, 0.2) is 0 Å². The molecule has 2 fully saturated rings. The summed E-state index contributed by atoms with van der Waals surface area (Å²) in [5, 5.41) is 3.34. The van der Waals surface area contributed by atoms with Crippen molar-refractivity contribution in [3.63, 3.8) is 0 Å². The van der Waals surface area contributed by atoms with Gasteiger partial charge in [-0.05, 0) is 32.1 Å². The van der Waals surface area contributed by atoms with E-state index in [0.717, 1.165) is 43.5 Å². The van der Waals surface area contributed by atoms with E-state index in [2.05, 4.69) is 35.1 Å². The average Bonchev–Trinajstić information content (AvgIpc) is 3.32. The predicted octanol–water partition coefficient (Wildman–Crippen LogP) is 2.65. The summed E-state index contributed by atoms with van der Waals surface area (Å²) in [6, 6.07) is 2.08. The standard InChI is InChI=1S/C16H26N4O/c1-4-17-14-9-15(19-16(18-14)12-5-6-12)20-8-7-11(2)13(10-20)21-3/h9,11-13H,4-8,10H2,1-3H3,(H,17,18,19). The number of nitrogens with one attached hydrogen (secondary N) is 1. The van der Waals surface area contributed by atoms with Crippen molar-refractivity contribution in [3.05, 3.63) is 11.9 Å². The van der Waals surface area contributed by atoms with Crippen LogP contribution in [0.25, 0.3) is 0 Å². The summed E-state index contributed by atoms with van der Waals surface area (Å²) in [4.78, 5) is 11.8. The topological polar surface area (TPSA) is 50.3 Å². The molecule has 2 atom stereocenters. The molecule has 1 aromatic rings. The van der Waals surface area contributed by atoms with E-state index in [-0.39, 0.29) is 0 Å². The van der Waals surface area contributed by atoms with Gasteiger partial charge in [0.1, 0.15) is 17.5 Å². The molecular weight excluding hydrogens is 264 g/mol. The molecule has 2 heterocycles. The zero-order valence-electron chi connectivity index (χ0n) is 13.3. The molecule has 3 rings (SSSR count). The van der Waals surface area contributed by atoms with Crippen molar-refractivity contribution < 1.29 is 4.74 Å². The number of anilines is 2. The third-order valence-electron chi connectivity index (χ3n) is 4.55. The van der Waals surface area contributed by atoms with Crippen molar-refractivity contribution in [2.45, 2.75) is 45.1 Å². The van der Waals surface area contributed by atoms with E-state index >= 15 is 0 Å². The lowest BCUT2D eigenvalue weighted by atomic mass is 9.96. The molecular formula is C16H26N4O. The summed E-state index contributed by atoms with van der Waals surface area (Å²) < 4.78 is 5.62. The fraction of sp³-hybridized carbons (Fsp3) is 0.750. The highest BCUT2D eigenvalue weighted by Gasteiger charge is 2.30. The van der Waals surface area contributed by atoms with Gasteiger partial charge in [0.25, 0.3) is 0 Å². The summed E-state index contributed by atoms with van der Waals surface area (Å²) in [6.07, 6.45) is 3.90. The molecule has 21 heavy (non-hydrogen) atoms. The Labute approximate surface area is 127 Å². The van der Waals surface area contributed by atoms with Crippen molar-refractivity contribution in [3.8, 4) is 0 Å². The van der Waals surface area contributed by atoms with E-state index in [0.29, 0.717) is 17.9 Å². The van der Waals surface area contributed by atoms with Crippen LogP contribution in [0.2, 0.25) is 0 Å². The Morgan fingerprint density at radius 3 is 2.81 bits per heavy atom. The number of hydrogen-bond donors (Lipinski definition) is 1. The van der Waals surface area contributed by atoms with Gasteiger partial charge < -0.3 is 15.0 Å². The van der Waals surface area contributed by atoms with E-state index in [9.17, 15) is 0 Å². The van der Waals surface area contributed by atoms with Gasteiger partial charge in [-0.15, -0.1) is 0 Å². The molecule has 1 aliphatic heterocycles. The molecule has 1 N–H and O–H groups in total. The van der Waals surface area contributed by atoms with Crippen LogP contribution in [-0.4, -0.2) is 42.8 Å². The monoisotopic (exact) mass is 290 g/mol. The van der Waals surface area contributed by atoms with Gasteiger partial charge in [-0.3, -0.25) is 0 Å². The molecule has 0 aromatic carbocycles. The van der Waals surface area contributed by atoms with Crippen LogP contribution in [0.4, 0.5) is 11.6 Å². The van der Waals surface area contributed by atoms with Crippen LogP contribution in [0.5, 0.6) is 0 Å². The number of hydrogen-bond acceptors (Lipinski definition) is 5. The lowest BCUT2D eigenvalue weighted by Gasteiger charge is -2.37. The molecule has 0 radical (unpaired) electrons. The number of aromatic nitrogens is 2. The lowest BCUT2D eigenvalue weighted by Crippen LogP contribution is -2.44. The average molecular weight is 290 g/mol. The van der Waals surface area contributed by atoms with Gasteiger partial charge in [-0.1, -0.05) is 6.92 Å². The maximum absolute atomic E-state index is 5.62. The fourth-order valence-electron chi connectivity index (χ4n) is 2.96. The highest BCUT2D eigenvalue weighted by Crippen LogP contribution is 2.39. The molecule has 0 amide bonds. The molecule has 1 aromatic heterocycles. The van der Waals surface area contributed by atoms with Crippen LogP contribution in [0.15, 0.2) is 6.07 Å². The SMILES string of the molecule is CCNc1cc(N2CCC(C)C(OC)C2)nc(C2CC2)n1. The molecule has 1 aliphatic carbocycles. The Hall–Kier alpha value is -1.36. The molecule has 0 spiro atoms. The summed E-state index contributed by atoms with van der Waals surface area (Å²) >= 11 is 0. The van der Waals surface area contributed by atoms with Crippen LogP contribution < -0.4 is 10.2 Å². The van der Waals surface area contributed by atoms with Crippen molar-refractivity contribution in [2.24, 2.45) is 5.92 Å². The highest BCUT2D eigenvalue weighted by atomic mass is 16.5. The van der Waals surface area contributed by atoms with E-state index in [1.54, 1.807) is 0 Å². The van der Waals surface area contributed by atoms with Crippen molar-refractivity contribution in [1.82, 2.24) is 9.97 Å². The van der Waals surface area contributed by atoms with Crippen LogP contribution in [0.1, 0.15) is 44.9 Å². The first kappa shape index (κ1) is 14.6. The van der Waals surface area contributed by atoms with Gasteiger partial charge in [0, 0.05) is 38.7 Å². The van der Waals surface area contributed by atoms with Crippen LogP contribution in [0.3, 0.4) is 0 Å². The first-order valence-corrected chi connectivity index (χ1v) is 8.11. The molecule has 0 bridgehead atoms. The first-order valence-electron chi connectivity index (χ1n) is 8.11. The van der Waals surface area contributed by atoms with Gasteiger partial charge in [0.05, 0.1) is 6.10 Å². The molecule has 5 nitrogen and oxygen atoms in total. The van der Waals surface area contributed by atoms with E-state index in [1.165, 1.54) is 12.8 Å². The first-order chi connectivity index (χ1) is 10.2. The smallest absolute Gasteiger partial charge is 0.136 e. The van der Waals surface area contributed by atoms with Crippen LogP contribution in [0, 0.1) is 5.92 Å². The maximum atomic E-state index is 5.62. The van der Waals surface area contributed by atoms with Crippen LogP contribution >= 0.6 is 0 Å². The summed E-state index contributed by atoms with van der Waals surface area (Å²) in [7, 11) is 1.81. The van der Waals surface area contributed by atoms with Gasteiger partial charge in [-0.25, -0.2) is 9.97 Å². The molecule has 116 valence electrons. The van der Waals surface area contributed by atoms with E-state index in [1.807, 2.05) is 7.11 Å². The van der Waals surface area contributed by atoms with Crippen molar-refractivity contribution in [2.75, 3.05) is 37.0 Å². The minimum absolute atomic E-state index is 0.292. The second-order valence-electron chi connectivity index (χ2n) is 6.26. The van der Waals surface area contributed by atoms with Crippen LogP contribution in [-0.2, 0) is 4.74 Å². The minimum atomic E-state index is 0.292. The Bertz CT molecular complexity index is 489. The lowest BCUT2D eigenvalue weighted by molar-refractivity contribution is 0.0496. The Balaban J connectivity index is 1.83. The number of nitrogens with zero attached hydrogens (tertiary/aromatic N) is 3. The number of ether oxygens (including phenoxy) is 1. The van der Waals surface area contributed by atoms with Crippen molar-refractivity contribution >= 4 is 11.6 Å². The minimum Gasteiger partial charge on any atom is -0.379 e. The highest BCUT2D eigenvalue weighted by molar-refractivity contribution is 5.50. The third kappa shape index (κ3) is 3.28. The predicted molar refractivity (Wildman–Crippen MR) is 85.0 cm³/mol. The molecule has 1 saturated heterocycles. The summed E-state index contributed by atoms with van der Waals surface area (Å²) in [5.74, 6) is 4.21. The second kappa shape index (κ2) is 6.18. The normalized spacial score (nSPS) is 26.0. The largest absolute Gasteiger partial charge is 0.379 e. The fourth-order valence-corrected chi connectivity index (χ4v) is 2.96. The maximum Gasteiger partial charge on any atom is 0.136 e. The molecule has 1 saturated carbocycles. The van der Waals surface area contributed by atoms with Crippen molar-refractivity contribution in [1.29, 1.82) is 0 Å². The van der Waals surface area contributed by atoms with E-state index in [4.69, 9.17) is 9.72 Å². The second-order valence-corrected chi connectivity index (χ2v) is 6.26. The van der Waals surface area contributed by atoms with Gasteiger partial charge in [-0.2, -0.15) is 0 Å². The van der Waals surface area contributed by atoms with Gasteiger partial charge in [0.2, 0.25) is 0 Å². The van der Waals surface area contributed by atoms with Gasteiger partial charge >= 0.3 is 0 Å². The zero-order chi connectivity index (χ0) is 14.8. The Morgan fingerprint density at radius 2 is 2.14 bits per heavy atom. The zero-order valence-corrected chi connectivity index (χ0v) is 13.3. The number of rotatable bonds is 5. The Morgan fingerprint density at radius 1 is 1.33 bits per heavy atom. The molecule has 5 heteroatoms.